The molecule has 2 rings (SSSR count). The van der Waals surface area contributed by atoms with Gasteiger partial charge in [0.1, 0.15) is 0 Å². The summed E-state index contributed by atoms with van der Waals surface area (Å²) in [5, 5.41) is 13.4. The number of piperidine rings is 1. The Morgan fingerprint density at radius 2 is 2.05 bits per heavy atom. The Labute approximate surface area is 130 Å². The van der Waals surface area contributed by atoms with Crippen LogP contribution in [0.2, 0.25) is 0 Å². The standard InChI is InChI=1S/C17H34N2O2/c1-3-18-17(14-20)9-4-5-16(17)8-12-19-10-6-15(7-11-19)13-21-2/h15-16,18,20H,3-14H2,1-2H3. The molecule has 1 aliphatic heterocycles. The normalized spacial score (nSPS) is 31.9. The Morgan fingerprint density at radius 1 is 1.29 bits per heavy atom. The van der Waals surface area contributed by atoms with Gasteiger partial charge in [-0.2, -0.15) is 0 Å². The fourth-order valence-corrected chi connectivity index (χ4v) is 4.36. The number of likely N-dealkylation sites (N-methyl/N-ethyl adjacent to an activating group) is 1. The first-order valence-corrected chi connectivity index (χ1v) is 8.81. The lowest BCUT2D eigenvalue weighted by molar-refractivity contribution is 0.0853. The lowest BCUT2D eigenvalue weighted by atomic mass is 9.84. The molecule has 0 spiro atoms. The van der Waals surface area contributed by atoms with Crippen LogP contribution in [0.3, 0.4) is 0 Å². The maximum absolute atomic E-state index is 9.86. The second-order valence-electron chi connectivity index (χ2n) is 6.96. The Bertz CT molecular complexity index is 293. The molecule has 4 nitrogen and oxygen atoms in total. The number of likely N-dealkylation sites (tertiary alicyclic amines) is 1. The molecule has 0 bridgehead atoms. The van der Waals surface area contributed by atoms with E-state index in [-0.39, 0.29) is 5.54 Å². The van der Waals surface area contributed by atoms with Crippen LogP contribution in [-0.4, -0.2) is 62.0 Å². The highest BCUT2D eigenvalue weighted by Crippen LogP contribution is 2.38. The van der Waals surface area contributed by atoms with E-state index in [2.05, 4.69) is 17.1 Å². The van der Waals surface area contributed by atoms with E-state index in [9.17, 15) is 5.11 Å². The monoisotopic (exact) mass is 298 g/mol. The van der Waals surface area contributed by atoms with Crippen molar-refractivity contribution in [3.8, 4) is 0 Å². The molecule has 0 aromatic rings. The van der Waals surface area contributed by atoms with Gasteiger partial charge in [-0.3, -0.25) is 0 Å². The van der Waals surface area contributed by atoms with Crippen molar-refractivity contribution in [1.82, 2.24) is 10.2 Å². The van der Waals surface area contributed by atoms with E-state index in [1.54, 1.807) is 0 Å². The predicted molar refractivity (Wildman–Crippen MR) is 86.5 cm³/mol. The number of hydrogen-bond donors (Lipinski definition) is 2. The summed E-state index contributed by atoms with van der Waals surface area (Å²) >= 11 is 0. The van der Waals surface area contributed by atoms with Crippen LogP contribution in [0.1, 0.15) is 45.4 Å². The largest absolute Gasteiger partial charge is 0.394 e. The second kappa shape index (κ2) is 8.47. The van der Waals surface area contributed by atoms with E-state index >= 15 is 0 Å². The summed E-state index contributed by atoms with van der Waals surface area (Å²) in [6.07, 6.45) is 7.44. The van der Waals surface area contributed by atoms with E-state index in [1.165, 1.54) is 51.7 Å². The second-order valence-corrected chi connectivity index (χ2v) is 6.96. The number of hydrogen-bond acceptors (Lipinski definition) is 4. The van der Waals surface area contributed by atoms with Gasteiger partial charge >= 0.3 is 0 Å². The highest BCUT2D eigenvalue weighted by molar-refractivity contribution is 4.99. The minimum Gasteiger partial charge on any atom is -0.394 e. The van der Waals surface area contributed by atoms with Crippen molar-refractivity contribution in [2.24, 2.45) is 11.8 Å². The van der Waals surface area contributed by atoms with Gasteiger partial charge in [-0.1, -0.05) is 13.3 Å². The van der Waals surface area contributed by atoms with Crippen molar-refractivity contribution < 1.29 is 9.84 Å². The number of nitrogens with one attached hydrogen (secondary N) is 1. The lowest BCUT2D eigenvalue weighted by Gasteiger charge is -2.37. The minimum absolute atomic E-state index is 0.00310. The first kappa shape index (κ1) is 17.2. The van der Waals surface area contributed by atoms with Crippen molar-refractivity contribution in [2.45, 2.75) is 51.0 Å². The van der Waals surface area contributed by atoms with Crippen molar-refractivity contribution in [3.05, 3.63) is 0 Å². The summed E-state index contributed by atoms with van der Waals surface area (Å²) in [5.74, 6) is 1.40. The van der Waals surface area contributed by atoms with Crippen LogP contribution in [0.4, 0.5) is 0 Å². The molecule has 1 heterocycles. The predicted octanol–water partition coefficient (Wildman–Crippen LogP) is 1.88. The fourth-order valence-electron chi connectivity index (χ4n) is 4.36. The zero-order chi connectivity index (χ0) is 15.1. The molecule has 0 aromatic carbocycles. The quantitative estimate of drug-likeness (QED) is 0.718. The summed E-state index contributed by atoms with van der Waals surface area (Å²) in [7, 11) is 1.81. The minimum atomic E-state index is 0.00310. The van der Waals surface area contributed by atoms with Crippen LogP contribution < -0.4 is 5.32 Å². The molecule has 2 aliphatic rings. The van der Waals surface area contributed by atoms with Crippen LogP contribution in [0.15, 0.2) is 0 Å². The summed E-state index contributed by atoms with van der Waals surface area (Å²) in [6, 6.07) is 0. The van der Waals surface area contributed by atoms with E-state index < -0.39 is 0 Å². The number of rotatable bonds is 8. The van der Waals surface area contributed by atoms with Crippen molar-refractivity contribution in [2.75, 3.05) is 46.5 Å². The van der Waals surface area contributed by atoms with Gasteiger partial charge in [-0.05, 0) is 70.1 Å². The topological polar surface area (TPSA) is 44.7 Å². The Kier molecular flexibility index (Phi) is 6.93. The van der Waals surface area contributed by atoms with Gasteiger partial charge < -0.3 is 20.1 Å². The highest BCUT2D eigenvalue weighted by atomic mass is 16.5. The molecule has 0 amide bonds. The fraction of sp³-hybridized carbons (Fsp3) is 1.00. The van der Waals surface area contributed by atoms with Gasteiger partial charge in [0, 0.05) is 19.3 Å². The molecule has 2 atom stereocenters. The lowest BCUT2D eigenvalue weighted by Crippen LogP contribution is -2.52. The molecule has 0 aromatic heterocycles. The average Bonchev–Trinajstić information content (AvgIpc) is 2.90. The molecule has 0 radical (unpaired) electrons. The van der Waals surface area contributed by atoms with Gasteiger partial charge in [-0.15, -0.1) is 0 Å². The Morgan fingerprint density at radius 3 is 2.67 bits per heavy atom. The molecular formula is C17H34N2O2. The third kappa shape index (κ3) is 4.41. The third-order valence-electron chi connectivity index (χ3n) is 5.67. The molecule has 4 heteroatoms. The van der Waals surface area contributed by atoms with Crippen molar-refractivity contribution in [3.63, 3.8) is 0 Å². The number of aliphatic hydroxyl groups excluding tert-OH is 1. The maximum atomic E-state index is 9.86. The Hall–Kier alpha value is -0.160. The summed E-state index contributed by atoms with van der Waals surface area (Å²) in [5.41, 5.74) is 0.00310. The number of nitrogens with zero attached hydrogens (tertiary/aromatic N) is 1. The molecule has 21 heavy (non-hydrogen) atoms. The maximum Gasteiger partial charge on any atom is 0.0616 e. The summed E-state index contributed by atoms with van der Waals surface area (Å²) < 4.78 is 5.27. The van der Waals surface area contributed by atoms with Gasteiger partial charge in [-0.25, -0.2) is 0 Å². The van der Waals surface area contributed by atoms with Gasteiger partial charge in [0.25, 0.3) is 0 Å². The molecular weight excluding hydrogens is 264 g/mol. The van der Waals surface area contributed by atoms with Crippen molar-refractivity contribution in [1.29, 1.82) is 0 Å². The molecule has 1 aliphatic carbocycles. The smallest absolute Gasteiger partial charge is 0.0616 e. The molecule has 2 unspecified atom stereocenters. The number of ether oxygens (including phenoxy) is 1. The van der Waals surface area contributed by atoms with Gasteiger partial charge in [0.2, 0.25) is 0 Å². The zero-order valence-corrected chi connectivity index (χ0v) is 13.9. The molecule has 2 N–H and O–H groups in total. The summed E-state index contributed by atoms with van der Waals surface area (Å²) in [4.78, 5) is 2.61. The zero-order valence-electron chi connectivity index (χ0n) is 13.9. The van der Waals surface area contributed by atoms with E-state index in [4.69, 9.17) is 4.74 Å². The first-order valence-electron chi connectivity index (χ1n) is 8.81. The van der Waals surface area contributed by atoms with E-state index in [0.29, 0.717) is 12.5 Å². The van der Waals surface area contributed by atoms with E-state index in [1.807, 2.05) is 7.11 Å². The van der Waals surface area contributed by atoms with Crippen LogP contribution >= 0.6 is 0 Å². The molecule has 124 valence electrons. The summed E-state index contributed by atoms with van der Waals surface area (Å²) in [6.45, 7) is 7.94. The first-order chi connectivity index (χ1) is 10.2. The van der Waals surface area contributed by atoms with Crippen LogP contribution in [0, 0.1) is 11.8 Å². The third-order valence-corrected chi connectivity index (χ3v) is 5.67. The van der Waals surface area contributed by atoms with E-state index in [0.717, 1.165) is 25.5 Å². The van der Waals surface area contributed by atoms with Crippen LogP contribution in [0.25, 0.3) is 0 Å². The Balaban J connectivity index is 1.75. The highest BCUT2D eigenvalue weighted by Gasteiger charge is 2.41. The number of aliphatic hydroxyl groups is 1. The SMILES string of the molecule is CCNC1(CO)CCCC1CCN1CCC(COC)CC1. The molecule has 1 saturated heterocycles. The van der Waals surface area contributed by atoms with Gasteiger partial charge in [0.15, 0.2) is 0 Å². The van der Waals surface area contributed by atoms with Crippen LogP contribution in [0.5, 0.6) is 0 Å². The molecule has 1 saturated carbocycles. The molecule has 2 fully saturated rings. The number of methoxy groups -OCH3 is 1. The van der Waals surface area contributed by atoms with Crippen LogP contribution in [-0.2, 0) is 4.74 Å². The van der Waals surface area contributed by atoms with Gasteiger partial charge in [0.05, 0.1) is 6.61 Å². The van der Waals surface area contributed by atoms with Crippen molar-refractivity contribution >= 4 is 0 Å². The average molecular weight is 298 g/mol.